The molecule has 0 bridgehead atoms. The molecule has 0 radical (unpaired) electrons. The fourth-order valence-corrected chi connectivity index (χ4v) is 2.84. The van der Waals surface area contributed by atoms with Gasteiger partial charge in [-0.25, -0.2) is 0 Å². The Kier molecular flexibility index (Phi) is 2.78. The zero-order chi connectivity index (χ0) is 13.5. The lowest BCUT2D eigenvalue weighted by molar-refractivity contribution is -0.177. The number of hydrogen-bond donors (Lipinski definition) is 2. The van der Waals surface area contributed by atoms with Crippen LogP contribution in [0.15, 0.2) is 30.3 Å². The van der Waals surface area contributed by atoms with E-state index in [0.717, 1.165) is 5.56 Å². The van der Waals surface area contributed by atoms with Gasteiger partial charge in [-0.1, -0.05) is 30.3 Å². The van der Waals surface area contributed by atoms with Gasteiger partial charge in [0.15, 0.2) is 0 Å². The molecule has 1 aromatic carbocycles. The number of carbonyl (C=O) groups excluding carboxylic acids is 2. The summed E-state index contributed by atoms with van der Waals surface area (Å²) in [6.45, 7) is 0.452. The van der Waals surface area contributed by atoms with Crippen molar-refractivity contribution in [3.8, 4) is 0 Å². The van der Waals surface area contributed by atoms with Crippen LogP contribution in [0, 0.1) is 0 Å². The first-order valence-electron chi connectivity index (χ1n) is 6.50. The number of carbonyl (C=O) groups is 2. The number of nitrogens with zero attached hydrogens (tertiary/aromatic N) is 1. The molecule has 2 aliphatic heterocycles. The van der Waals surface area contributed by atoms with Crippen molar-refractivity contribution in [3.05, 3.63) is 35.9 Å². The van der Waals surface area contributed by atoms with Gasteiger partial charge in [0.2, 0.25) is 11.6 Å². The van der Waals surface area contributed by atoms with Crippen LogP contribution < -0.4 is 5.32 Å². The Morgan fingerprint density at radius 3 is 2.79 bits per heavy atom. The quantitative estimate of drug-likeness (QED) is 0.788. The second-order valence-corrected chi connectivity index (χ2v) is 5.13. The van der Waals surface area contributed by atoms with Gasteiger partial charge in [-0.15, -0.1) is 0 Å². The summed E-state index contributed by atoms with van der Waals surface area (Å²) in [5, 5.41) is 12.9. The minimum atomic E-state index is -1.62. The molecule has 0 aromatic heterocycles. The lowest BCUT2D eigenvalue weighted by atomic mass is 9.99. The van der Waals surface area contributed by atoms with Crippen LogP contribution >= 0.6 is 0 Å². The fourth-order valence-electron chi connectivity index (χ4n) is 2.84. The Hall–Kier alpha value is -1.88. The molecule has 0 aliphatic carbocycles. The van der Waals surface area contributed by atoms with Gasteiger partial charge in [0.25, 0.3) is 5.91 Å². The Bertz CT molecular complexity index is 517. The molecule has 2 N–H and O–H groups in total. The summed E-state index contributed by atoms with van der Waals surface area (Å²) in [6, 6.07) is 8.97. The minimum Gasteiger partial charge on any atom is -0.363 e. The molecule has 0 spiro atoms. The topological polar surface area (TPSA) is 69.6 Å². The smallest absolute Gasteiger partial charge is 0.274 e. The van der Waals surface area contributed by atoms with E-state index < -0.39 is 17.7 Å². The van der Waals surface area contributed by atoms with Crippen molar-refractivity contribution in [3.63, 3.8) is 0 Å². The predicted molar refractivity (Wildman–Crippen MR) is 68.0 cm³/mol. The molecule has 19 heavy (non-hydrogen) atoms. The van der Waals surface area contributed by atoms with Crippen molar-refractivity contribution >= 4 is 11.8 Å². The highest BCUT2D eigenvalue weighted by Gasteiger charge is 2.53. The summed E-state index contributed by atoms with van der Waals surface area (Å²) in [6.07, 6.45) is 1.44. The highest BCUT2D eigenvalue weighted by atomic mass is 16.3. The lowest BCUT2D eigenvalue weighted by Gasteiger charge is -2.40. The molecule has 0 saturated carbocycles. The van der Waals surface area contributed by atoms with Gasteiger partial charge in [0, 0.05) is 19.4 Å². The number of amides is 2. The van der Waals surface area contributed by atoms with Crippen LogP contribution in [0.5, 0.6) is 0 Å². The molecule has 2 amide bonds. The third-order valence-electron chi connectivity index (χ3n) is 3.87. The van der Waals surface area contributed by atoms with Gasteiger partial charge in [0.1, 0.15) is 6.04 Å². The average molecular weight is 260 g/mol. The average Bonchev–Trinajstić information content (AvgIpc) is 2.81. The van der Waals surface area contributed by atoms with E-state index in [1.807, 2.05) is 30.3 Å². The van der Waals surface area contributed by atoms with E-state index in [1.165, 1.54) is 4.90 Å². The summed E-state index contributed by atoms with van der Waals surface area (Å²) < 4.78 is 0. The zero-order valence-corrected chi connectivity index (χ0v) is 10.5. The minimum absolute atomic E-state index is 0.191. The number of fused-ring (bicyclic) bond motifs is 1. The molecule has 5 heteroatoms. The SMILES string of the molecule is O=C1[C@@H](Cc2ccccc2)NC(=O)[C@@]2(O)CCCN12. The van der Waals surface area contributed by atoms with E-state index in [-0.39, 0.29) is 5.91 Å². The van der Waals surface area contributed by atoms with Crippen LogP contribution in [0.3, 0.4) is 0 Å². The monoisotopic (exact) mass is 260 g/mol. The normalized spacial score (nSPS) is 30.2. The lowest BCUT2D eigenvalue weighted by Crippen LogP contribution is -2.68. The van der Waals surface area contributed by atoms with Gasteiger partial charge >= 0.3 is 0 Å². The maximum absolute atomic E-state index is 12.3. The van der Waals surface area contributed by atoms with Gasteiger partial charge in [0.05, 0.1) is 0 Å². The molecular weight excluding hydrogens is 244 g/mol. The summed E-state index contributed by atoms with van der Waals surface area (Å²) >= 11 is 0. The van der Waals surface area contributed by atoms with E-state index in [0.29, 0.717) is 25.8 Å². The van der Waals surface area contributed by atoms with Gasteiger partial charge in [-0.2, -0.15) is 0 Å². The van der Waals surface area contributed by atoms with Crippen LogP contribution in [0.1, 0.15) is 18.4 Å². The first-order chi connectivity index (χ1) is 9.11. The van der Waals surface area contributed by atoms with E-state index in [4.69, 9.17) is 0 Å². The number of benzene rings is 1. The number of piperazine rings is 1. The molecule has 2 fully saturated rings. The van der Waals surface area contributed by atoms with Gasteiger partial charge < -0.3 is 15.3 Å². The second-order valence-electron chi connectivity index (χ2n) is 5.13. The van der Waals surface area contributed by atoms with Crippen LogP contribution in [-0.4, -0.2) is 40.1 Å². The van der Waals surface area contributed by atoms with E-state index in [1.54, 1.807) is 0 Å². The van der Waals surface area contributed by atoms with E-state index in [2.05, 4.69) is 5.32 Å². The summed E-state index contributed by atoms with van der Waals surface area (Å²) in [5.74, 6) is -0.644. The third-order valence-corrected chi connectivity index (χ3v) is 3.87. The number of aliphatic hydroxyl groups is 1. The number of hydrogen-bond acceptors (Lipinski definition) is 3. The maximum atomic E-state index is 12.3. The molecule has 0 unspecified atom stereocenters. The predicted octanol–water partition coefficient (Wildman–Crippen LogP) is 0.0385. The molecule has 2 heterocycles. The second kappa shape index (κ2) is 4.35. The van der Waals surface area contributed by atoms with Crippen LogP contribution in [0.2, 0.25) is 0 Å². The highest BCUT2D eigenvalue weighted by Crippen LogP contribution is 2.31. The van der Waals surface area contributed by atoms with Crippen molar-refractivity contribution < 1.29 is 14.7 Å². The fraction of sp³-hybridized carbons (Fsp3) is 0.429. The van der Waals surface area contributed by atoms with Crippen molar-refractivity contribution in [2.75, 3.05) is 6.54 Å². The maximum Gasteiger partial charge on any atom is 0.274 e. The van der Waals surface area contributed by atoms with Crippen LogP contribution in [0.25, 0.3) is 0 Å². The molecule has 1 aromatic rings. The largest absolute Gasteiger partial charge is 0.363 e. The number of rotatable bonds is 2. The molecule has 100 valence electrons. The van der Waals surface area contributed by atoms with Crippen molar-refractivity contribution in [2.24, 2.45) is 0 Å². The van der Waals surface area contributed by atoms with Gasteiger partial charge in [-0.05, 0) is 12.0 Å². The Labute approximate surface area is 111 Å². The first kappa shape index (κ1) is 12.2. The standard InChI is InChI=1S/C14H16N2O3/c17-12-11(9-10-5-2-1-3-6-10)15-13(18)14(19)7-4-8-16(12)14/h1-3,5-6,11,19H,4,7-9H2,(H,15,18)/t11-,14+/m1/s1. The molecular formula is C14H16N2O3. The summed E-state index contributed by atoms with van der Waals surface area (Å²) in [7, 11) is 0. The van der Waals surface area contributed by atoms with E-state index >= 15 is 0 Å². The van der Waals surface area contributed by atoms with Crippen molar-refractivity contribution in [1.29, 1.82) is 0 Å². The van der Waals surface area contributed by atoms with Gasteiger partial charge in [-0.3, -0.25) is 9.59 Å². The van der Waals surface area contributed by atoms with Crippen molar-refractivity contribution in [1.82, 2.24) is 10.2 Å². The summed E-state index contributed by atoms with van der Waals surface area (Å²) in [4.78, 5) is 25.6. The summed E-state index contributed by atoms with van der Waals surface area (Å²) in [5.41, 5.74) is -0.629. The molecule has 5 nitrogen and oxygen atoms in total. The Morgan fingerprint density at radius 1 is 1.32 bits per heavy atom. The Morgan fingerprint density at radius 2 is 2.05 bits per heavy atom. The van der Waals surface area contributed by atoms with E-state index in [9.17, 15) is 14.7 Å². The number of nitrogens with one attached hydrogen (secondary N) is 1. The highest BCUT2D eigenvalue weighted by molar-refractivity contribution is 5.99. The molecule has 2 saturated heterocycles. The zero-order valence-electron chi connectivity index (χ0n) is 10.5. The van der Waals surface area contributed by atoms with Crippen molar-refractivity contribution in [2.45, 2.75) is 31.0 Å². The first-order valence-corrected chi connectivity index (χ1v) is 6.50. The molecule has 2 atom stereocenters. The molecule has 2 aliphatic rings. The van der Waals surface area contributed by atoms with Crippen LogP contribution in [-0.2, 0) is 16.0 Å². The van der Waals surface area contributed by atoms with Crippen LogP contribution in [0.4, 0.5) is 0 Å². The third kappa shape index (κ3) is 1.90. The Balaban J connectivity index is 1.81. The molecule has 3 rings (SSSR count).